The molecule has 1 rings (SSSR count). The first-order valence-electron chi connectivity index (χ1n) is 6.48. The molecule has 1 heterocycles. The molecule has 1 atom stereocenters. The highest BCUT2D eigenvalue weighted by atomic mass is 19.4. The van der Waals surface area contributed by atoms with Gasteiger partial charge in [0.15, 0.2) is 6.10 Å². The number of hydrogen-bond acceptors (Lipinski definition) is 3. The molecule has 4 nitrogen and oxygen atoms in total. The monoisotopic (exact) mass is 304 g/mol. The van der Waals surface area contributed by atoms with Gasteiger partial charge in [0.05, 0.1) is 5.54 Å². The number of nitrogens with zero attached hydrogens (tertiary/aromatic N) is 1. The Kier molecular flexibility index (Phi) is 4.99. The zero-order valence-electron chi connectivity index (χ0n) is 12.3. The van der Waals surface area contributed by atoms with Gasteiger partial charge in [-0.1, -0.05) is 19.9 Å². The van der Waals surface area contributed by atoms with Crippen molar-refractivity contribution in [1.82, 2.24) is 10.3 Å². The molecule has 0 saturated heterocycles. The van der Waals surface area contributed by atoms with Crippen LogP contribution >= 0.6 is 0 Å². The number of hydrogen-bond donors (Lipinski definition) is 2. The summed E-state index contributed by atoms with van der Waals surface area (Å²) in [6.07, 6.45) is -5.97. The van der Waals surface area contributed by atoms with Crippen molar-refractivity contribution < 1.29 is 23.1 Å². The van der Waals surface area contributed by atoms with Crippen LogP contribution in [0.2, 0.25) is 0 Å². The molecule has 0 bridgehead atoms. The number of carbonyl (C=O) groups is 1. The number of aromatic nitrogens is 1. The van der Waals surface area contributed by atoms with Crippen LogP contribution in [-0.4, -0.2) is 33.8 Å². The third-order valence-corrected chi connectivity index (χ3v) is 3.12. The summed E-state index contributed by atoms with van der Waals surface area (Å²) in [6, 6.07) is 3.14. The lowest BCUT2D eigenvalue weighted by atomic mass is 9.96. The number of aliphatic hydroxyl groups is 1. The molecule has 0 aliphatic carbocycles. The van der Waals surface area contributed by atoms with Crippen LogP contribution in [-0.2, 0) is 0 Å². The normalized spacial score (nSPS) is 14.1. The Hall–Kier alpha value is -1.63. The Morgan fingerprint density at radius 1 is 1.29 bits per heavy atom. The molecule has 0 aromatic carbocycles. The second kappa shape index (κ2) is 6.01. The van der Waals surface area contributed by atoms with Crippen molar-refractivity contribution in [3.63, 3.8) is 0 Å². The van der Waals surface area contributed by atoms with Crippen LogP contribution in [0.5, 0.6) is 0 Å². The SMILES string of the molecule is CC(C)c1ccc(C(=O)NC(C)(C)[C@H](O)C(F)(F)F)nc1. The van der Waals surface area contributed by atoms with Gasteiger partial charge in [-0.05, 0) is 31.4 Å². The van der Waals surface area contributed by atoms with Crippen LogP contribution in [0.4, 0.5) is 13.2 Å². The van der Waals surface area contributed by atoms with E-state index >= 15 is 0 Å². The van der Waals surface area contributed by atoms with E-state index < -0.39 is 23.7 Å². The van der Waals surface area contributed by atoms with Gasteiger partial charge in [0.1, 0.15) is 5.69 Å². The fourth-order valence-corrected chi connectivity index (χ4v) is 1.72. The van der Waals surface area contributed by atoms with Crippen LogP contribution in [0.25, 0.3) is 0 Å². The molecule has 1 aromatic heterocycles. The topological polar surface area (TPSA) is 62.2 Å². The molecule has 1 amide bonds. The number of aliphatic hydroxyl groups excluding tert-OH is 1. The van der Waals surface area contributed by atoms with E-state index in [2.05, 4.69) is 10.3 Å². The van der Waals surface area contributed by atoms with Crippen molar-refractivity contribution in [1.29, 1.82) is 0 Å². The Balaban J connectivity index is 2.85. The molecule has 1 aromatic rings. The van der Waals surface area contributed by atoms with Gasteiger partial charge in [-0.25, -0.2) is 0 Å². The lowest BCUT2D eigenvalue weighted by Gasteiger charge is -2.32. The van der Waals surface area contributed by atoms with Crippen molar-refractivity contribution in [3.8, 4) is 0 Å². The third-order valence-electron chi connectivity index (χ3n) is 3.12. The summed E-state index contributed by atoms with van der Waals surface area (Å²) in [6.45, 7) is 6.12. The Morgan fingerprint density at radius 3 is 2.24 bits per heavy atom. The highest BCUT2D eigenvalue weighted by Gasteiger charge is 2.48. The number of nitrogens with one attached hydrogen (secondary N) is 1. The maximum absolute atomic E-state index is 12.5. The summed E-state index contributed by atoms with van der Waals surface area (Å²) >= 11 is 0. The van der Waals surface area contributed by atoms with E-state index in [4.69, 9.17) is 0 Å². The van der Waals surface area contributed by atoms with Crippen molar-refractivity contribution in [2.45, 2.75) is 51.4 Å². The van der Waals surface area contributed by atoms with Gasteiger partial charge in [-0.3, -0.25) is 9.78 Å². The van der Waals surface area contributed by atoms with Crippen LogP contribution in [0.3, 0.4) is 0 Å². The highest BCUT2D eigenvalue weighted by Crippen LogP contribution is 2.28. The molecule has 118 valence electrons. The molecular weight excluding hydrogens is 285 g/mol. The van der Waals surface area contributed by atoms with Crippen LogP contribution in [0, 0.1) is 0 Å². The summed E-state index contributed by atoms with van der Waals surface area (Å²) in [7, 11) is 0. The summed E-state index contributed by atoms with van der Waals surface area (Å²) in [4.78, 5) is 15.9. The zero-order chi connectivity index (χ0) is 16.4. The molecule has 2 N–H and O–H groups in total. The number of rotatable bonds is 4. The molecule has 21 heavy (non-hydrogen) atoms. The minimum Gasteiger partial charge on any atom is -0.382 e. The van der Waals surface area contributed by atoms with Gasteiger partial charge in [-0.2, -0.15) is 13.2 Å². The molecular formula is C14H19F3N2O2. The maximum Gasteiger partial charge on any atom is 0.416 e. The first kappa shape index (κ1) is 17.4. The number of carbonyl (C=O) groups excluding carboxylic acids is 1. The maximum atomic E-state index is 12.5. The van der Waals surface area contributed by atoms with E-state index in [0.717, 1.165) is 19.4 Å². The Bertz CT molecular complexity index is 496. The molecule has 0 saturated carbocycles. The summed E-state index contributed by atoms with van der Waals surface area (Å²) in [5, 5.41) is 11.4. The van der Waals surface area contributed by atoms with Crippen LogP contribution < -0.4 is 5.32 Å². The standard InChI is InChI=1S/C14H19F3N2O2/c1-8(2)9-5-6-10(18-7-9)11(20)19-13(3,4)12(21)14(15,16)17/h5-8,12,21H,1-4H3,(H,19,20)/t12-/m0/s1. The van der Waals surface area contributed by atoms with Crippen molar-refractivity contribution in [2.24, 2.45) is 0 Å². The van der Waals surface area contributed by atoms with E-state index in [9.17, 15) is 23.1 Å². The zero-order valence-corrected chi connectivity index (χ0v) is 12.3. The third kappa shape index (κ3) is 4.42. The largest absolute Gasteiger partial charge is 0.416 e. The van der Waals surface area contributed by atoms with Gasteiger partial charge >= 0.3 is 6.18 Å². The van der Waals surface area contributed by atoms with E-state index in [0.29, 0.717) is 0 Å². The van der Waals surface area contributed by atoms with E-state index in [1.165, 1.54) is 12.3 Å². The van der Waals surface area contributed by atoms with Gasteiger partial charge in [0, 0.05) is 6.20 Å². The first-order valence-corrected chi connectivity index (χ1v) is 6.48. The molecule has 0 aliphatic rings. The van der Waals surface area contributed by atoms with Crippen molar-refractivity contribution >= 4 is 5.91 Å². The number of halogens is 3. The second-order valence-corrected chi connectivity index (χ2v) is 5.75. The lowest BCUT2D eigenvalue weighted by Crippen LogP contribution is -2.57. The molecule has 0 fully saturated rings. The molecule has 0 radical (unpaired) electrons. The Morgan fingerprint density at radius 2 is 1.86 bits per heavy atom. The van der Waals surface area contributed by atoms with Gasteiger partial charge < -0.3 is 10.4 Å². The van der Waals surface area contributed by atoms with Crippen molar-refractivity contribution in [3.05, 3.63) is 29.6 Å². The van der Waals surface area contributed by atoms with Crippen molar-refractivity contribution in [2.75, 3.05) is 0 Å². The molecule has 7 heteroatoms. The quantitative estimate of drug-likeness (QED) is 0.899. The summed E-state index contributed by atoms with van der Waals surface area (Å²) in [5.74, 6) is -0.531. The lowest BCUT2D eigenvalue weighted by molar-refractivity contribution is -0.222. The minimum atomic E-state index is -4.81. The predicted octanol–water partition coefficient (Wildman–Crippen LogP) is 2.64. The second-order valence-electron chi connectivity index (χ2n) is 5.75. The van der Waals surface area contributed by atoms with E-state index in [1.807, 2.05) is 13.8 Å². The highest BCUT2D eigenvalue weighted by molar-refractivity contribution is 5.92. The number of amides is 1. The Labute approximate surface area is 121 Å². The van der Waals surface area contributed by atoms with Gasteiger partial charge in [-0.15, -0.1) is 0 Å². The predicted molar refractivity (Wildman–Crippen MR) is 71.9 cm³/mol. The first-order chi connectivity index (χ1) is 9.45. The molecule has 0 unspecified atom stereocenters. The van der Waals surface area contributed by atoms with Crippen LogP contribution in [0.15, 0.2) is 18.3 Å². The van der Waals surface area contributed by atoms with E-state index in [1.54, 1.807) is 6.07 Å². The number of pyridine rings is 1. The summed E-state index contributed by atoms with van der Waals surface area (Å²) < 4.78 is 37.6. The van der Waals surface area contributed by atoms with E-state index in [-0.39, 0.29) is 11.6 Å². The fraction of sp³-hybridized carbons (Fsp3) is 0.571. The van der Waals surface area contributed by atoms with Gasteiger partial charge in [0.25, 0.3) is 5.91 Å². The number of alkyl halides is 3. The molecule has 0 spiro atoms. The van der Waals surface area contributed by atoms with Gasteiger partial charge in [0.2, 0.25) is 0 Å². The summed E-state index contributed by atoms with van der Waals surface area (Å²) in [5.41, 5.74) is -0.934. The minimum absolute atomic E-state index is 0.00171. The average molecular weight is 304 g/mol. The molecule has 0 aliphatic heterocycles. The average Bonchev–Trinajstić information content (AvgIpc) is 2.36. The smallest absolute Gasteiger partial charge is 0.382 e. The van der Waals surface area contributed by atoms with Crippen LogP contribution in [0.1, 0.15) is 49.7 Å². The fourth-order valence-electron chi connectivity index (χ4n) is 1.72.